The highest BCUT2D eigenvalue weighted by Gasteiger charge is 2.30. The highest BCUT2D eigenvalue weighted by molar-refractivity contribution is 7.89. The van der Waals surface area contributed by atoms with Gasteiger partial charge in [-0.1, -0.05) is 0 Å². The molecular weight excluding hydrogens is 320 g/mol. The monoisotopic (exact) mass is 338 g/mol. The molecular formula is C12H19ClN2O5S. The van der Waals surface area contributed by atoms with Gasteiger partial charge >= 0.3 is 5.97 Å². The number of furan rings is 1. The van der Waals surface area contributed by atoms with Crippen molar-refractivity contribution < 1.29 is 22.4 Å². The van der Waals surface area contributed by atoms with Crippen LogP contribution in [0.1, 0.15) is 29.0 Å². The van der Waals surface area contributed by atoms with E-state index in [0.717, 1.165) is 18.9 Å². The third-order valence-electron chi connectivity index (χ3n) is 3.30. The molecule has 1 heterocycles. The predicted molar refractivity (Wildman–Crippen MR) is 77.9 cm³/mol. The van der Waals surface area contributed by atoms with Crippen LogP contribution in [-0.4, -0.2) is 34.1 Å². The molecule has 0 aliphatic heterocycles. The lowest BCUT2D eigenvalue weighted by atomic mass is 10.2. The lowest BCUT2D eigenvalue weighted by Crippen LogP contribution is -2.38. The summed E-state index contributed by atoms with van der Waals surface area (Å²) >= 11 is 0. The second kappa shape index (κ2) is 6.78. The zero-order valence-corrected chi connectivity index (χ0v) is 13.4. The molecule has 0 spiro atoms. The quantitative estimate of drug-likeness (QED) is 0.742. The van der Waals surface area contributed by atoms with E-state index in [1.807, 2.05) is 0 Å². The molecule has 120 valence electrons. The largest absolute Gasteiger partial charge is 0.465 e. The van der Waals surface area contributed by atoms with E-state index in [1.165, 1.54) is 14.0 Å². The second-order valence-corrected chi connectivity index (χ2v) is 6.58. The van der Waals surface area contributed by atoms with Crippen LogP contribution in [-0.2, 0) is 14.8 Å². The SMILES string of the molecule is COC(=O)c1cc(S(=O)(=O)NCC(N)C2CC2)oc1C.Cl. The van der Waals surface area contributed by atoms with Gasteiger partial charge in [-0.2, -0.15) is 0 Å². The molecule has 1 aliphatic carbocycles. The normalized spacial score (nSPS) is 16.1. The molecule has 1 aromatic rings. The van der Waals surface area contributed by atoms with Gasteiger partial charge in [0.15, 0.2) is 0 Å². The van der Waals surface area contributed by atoms with Gasteiger partial charge < -0.3 is 14.9 Å². The summed E-state index contributed by atoms with van der Waals surface area (Å²) in [5, 5.41) is -0.307. The number of halogens is 1. The van der Waals surface area contributed by atoms with E-state index < -0.39 is 16.0 Å². The fraction of sp³-hybridized carbons (Fsp3) is 0.583. The summed E-state index contributed by atoms with van der Waals surface area (Å²) in [4.78, 5) is 11.4. The number of carbonyl (C=O) groups is 1. The molecule has 9 heteroatoms. The van der Waals surface area contributed by atoms with Crippen LogP contribution in [0.15, 0.2) is 15.6 Å². The number of sulfonamides is 1. The maximum Gasteiger partial charge on any atom is 0.341 e. The molecule has 1 atom stereocenters. The first-order valence-electron chi connectivity index (χ1n) is 6.29. The van der Waals surface area contributed by atoms with Crippen LogP contribution in [0.3, 0.4) is 0 Å². The van der Waals surface area contributed by atoms with E-state index in [9.17, 15) is 13.2 Å². The molecule has 1 aromatic heterocycles. The highest BCUT2D eigenvalue weighted by Crippen LogP contribution is 2.31. The van der Waals surface area contributed by atoms with Gasteiger partial charge in [0, 0.05) is 18.7 Å². The molecule has 1 saturated carbocycles. The summed E-state index contributed by atoms with van der Waals surface area (Å²) in [5.41, 5.74) is 5.93. The average Bonchev–Trinajstić information content (AvgIpc) is 3.18. The summed E-state index contributed by atoms with van der Waals surface area (Å²) < 4.78 is 36.1. The van der Waals surface area contributed by atoms with E-state index in [2.05, 4.69) is 9.46 Å². The molecule has 0 aromatic carbocycles. The van der Waals surface area contributed by atoms with E-state index in [-0.39, 0.29) is 41.4 Å². The van der Waals surface area contributed by atoms with Crippen LogP contribution in [0, 0.1) is 12.8 Å². The smallest absolute Gasteiger partial charge is 0.341 e. The molecule has 1 unspecified atom stereocenters. The van der Waals surface area contributed by atoms with Crippen molar-refractivity contribution in [3.05, 3.63) is 17.4 Å². The topological polar surface area (TPSA) is 112 Å². The van der Waals surface area contributed by atoms with E-state index >= 15 is 0 Å². The Labute approximate surface area is 129 Å². The number of hydrogen-bond donors (Lipinski definition) is 2. The third kappa shape index (κ3) is 4.19. The summed E-state index contributed by atoms with van der Waals surface area (Å²) in [6, 6.07) is 0.965. The fourth-order valence-electron chi connectivity index (χ4n) is 1.87. The van der Waals surface area contributed by atoms with Crippen molar-refractivity contribution in [1.82, 2.24) is 4.72 Å². The van der Waals surface area contributed by atoms with Crippen LogP contribution in [0.5, 0.6) is 0 Å². The van der Waals surface area contributed by atoms with Gasteiger partial charge in [0.25, 0.3) is 10.0 Å². The molecule has 0 bridgehead atoms. The molecule has 2 rings (SSSR count). The minimum absolute atomic E-state index is 0. The summed E-state index contributed by atoms with van der Waals surface area (Å²) in [5.74, 6) is -0.0484. The second-order valence-electron chi connectivity index (χ2n) is 4.88. The van der Waals surface area contributed by atoms with Crippen LogP contribution >= 0.6 is 12.4 Å². The minimum Gasteiger partial charge on any atom is -0.465 e. The summed E-state index contributed by atoms with van der Waals surface area (Å²) in [7, 11) is -2.59. The van der Waals surface area contributed by atoms with Gasteiger partial charge in [-0.15, -0.1) is 12.4 Å². The number of esters is 1. The number of nitrogens with two attached hydrogens (primary N) is 1. The zero-order valence-electron chi connectivity index (χ0n) is 11.8. The first-order chi connectivity index (χ1) is 9.35. The Hall–Kier alpha value is -1.09. The van der Waals surface area contributed by atoms with Crippen LogP contribution in [0.25, 0.3) is 0 Å². The Bertz CT molecular complexity index is 609. The van der Waals surface area contributed by atoms with Gasteiger partial charge in [-0.25, -0.2) is 17.9 Å². The van der Waals surface area contributed by atoms with Crippen molar-refractivity contribution in [1.29, 1.82) is 0 Å². The molecule has 0 amide bonds. The van der Waals surface area contributed by atoms with Crippen molar-refractivity contribution >= 4 is 28.4 Å². The van der Waals surface area contributed by atoms with Crippen LogP contribution < -0.4 is 10.5 Å². The van der Waals surface area contributed by atoms with E-state index in [1.54, 1.807) is 0 Å². The van der Waals surface area contributed by atoms with Crippen LogP contribution in [0.4, 0.5) is 0 Å². The van der Waals surface area contributed by atoms with Gasteiger partial charge in [-0.3, -0.25) is 0 Å². The Balaban J connectivity index is 0.00000220. The zero-order chi connectivity index (χ0) is 14.9. The van der Waals surface area contributed by atoms with Crippen molar-refractivity contribution in [3.63, 3.8) is 0 Å². The number of rotatable bonds is 6. The Morgan fingerprint density at radius 1 is 1.57 bits per heavy atom. The van der Waals surface area contributed by atoms with Crippen molar-refractivity contribution in [2.75, 3.05) is 13.7 Å². The van der Waals surface area contributed by atoms with Gasteiger partial charge in [0.05, 0.1) is 7.11 Å². The Morgan fingerprint density at radius 3 is 2.71 bits per heavy atom. The maximum absolute atomic E-state index is 12.0. The van der Waals surface area contributed by atoms with Gasteiger partial charge in [-0.05, 0) is 25.7 Å². The maximum atomic E-state index is 12.0. The average molecular weight is 339 g/mol. The summed E-state index contributed by atoms with van der Waals surface area (Å²) in [6.07, 6.45) is 2.07. The minimum atomic E-state index is -3.81. The standard InChI is InChI=1S/C12H18N2O5S.ClH/c1-7-9(12(15)18-2)5-11(19-7)20(16,17)14-6-10(13)8-3-4-8;/h5,8,10,14H,3-4,6,13H2,1-2H3;1H. The lowest BCUT2D eigenvalue weighted by Gasteiger charge is -2.10. The molecule has 3 N–H and O–H groups in total. The Kier molecular flexibility index (Phi) is 5.80. The number of methoxy groups -OCH3 is 1. The highest BCUT2D eigenvalue weighted by atomic mass is 35.5. The van der Waals surface area contributed by atoms with E-state index in [0.29, 0.717) is 5.92 Å². The number of aryl methyl sites for hydroxylation is 1. The number of ether oxygens (including phenoxy) is 1. The number of carbonyl (C=O) groups excluding carboxylic acids is 1. The molecule has 1 fully saturated rings. The predicted octanol–water partition coefficient (Wildman–Crippen LogP) is 0.812. The van der Waals surface area contributed by atoms with E-state index in [4.69, 9.17) is 10.2 Å². The summed E-state index contributed by atoms with van der Waals surface area (Å²) in [6.45, 7) is 1.65. The van der Waals surface area contributed by atoms with Crippen LogP contribution in [0.2, 0.25) is 0 Å². The number of nitrogens with one attached hydrogen (secondary N) is 1. The Morgan fingerprint density at radius 2 is 2.19 bits per heavy atom. The fourth-order valence-corrected chi connectivity index (χ4v) is 2.93. The molecule has 21 heavy (non-hydrogen) atoms. The molecule has 1 aliphatic rings. The lowest BCUT2D eigenvalue weighted by molar-refractivity contribution is 0.0599. The molecule has 7 nitrogen and oxygen atoms in total. The van der Waals surface area contributed by atoms with Gasteiger partial charge in [0.1, 0.15) is 11.3 Å². The molecule has 0 radical (unpaired) electrons. The third-order valence-corrected chi connectivity index (χ3v) is 4.58. The van der Waals surface area contributed by atoms with Crippen molar-refractivity contribution in [3.8, 4) is 0 Å². The van der Waals surface area contributed by atoms with Crippen molar-refractivity contribution in [2.45, 2.75) is 30.9 Å². The molecule has 0 saturated heterocycles. The first kappa shape index (κ1) is 18.0. The van der Waals surface area contributed by atoms with Gasteiger partial charge in [0.2, 0.25) is 5.09 Å². The van der Waals surface area contributed by atoms with Crippen molar-refractivity contribution in [2.24, 2.45) is 11.7 Å². The first-order valence-corrected chi connectivity index (χ1v) is 7.77. The number of hydrogen-bond acceptors (Lipinski definition) is 6.